The summed E-state index contributed by atoms with van der Waals surface area (Å²) in [5.74, 6) is -0.107. The predicted octanol–water partition coefficient (Wildman–Crippen LogP) is 4.04. The minimum absolute atomic E-state index is 0.196. The molecule has 1 fully saturated rings. The summed E-state index contributed by atoms with van der Waals surface area (Å²) in [6.45, 7) is 9.62. The Hall–Kier alpha value is -3.12. The monoisotopic (exact) mass is 390 g/mol. The summed E-state index contributed by atoms with van der Waals surface area (Å²) < 4.78 is 5.25. The van der Waals surface area contributed by atoms with Gasteiger partial charge in [0, 0.05) is 49.2 Å². The fourth-order valence-corrected chi connectivity index (χ4v) is 3.71. The smallest absolute Gasteiger partial charge is 0.294 e. The summed E-state index contributed by atoms with van der Waals surface area (Å²) in [5, 5.41) is 6.92. The van der Waals surface area contributed by atoms with Crippen molar-refractivity contribution in [2.45, 2.75) is 13.8 Å². The van der Waals surface area contributed by atoms with Crippen LogP contribution >= 0.6 is 0 Å². The van der Waals surface area contributed by atoms with Gasteiger partial charge < -0.3 is 19.6 Å². The minimum Gasteiger partial charge on any atom is -0.369 e. The van der Waals surface area contributed by atoms with Crippen LogP contribution < -0.4 is 10.2 Å². The second-order valence-electron chi connectivity index (χ2n) is 7.32. The molecule has 0 aliphatic carbocycles. The topological polar surface area (TPSA) is 61.6 Å². The Morgan fingerprint density at radius 3 is 2.52 bits per heavy atom. The van der Waals surface area contributed by atoms with E-state index in [1.807, 2.05) is 42.5 Å². The number of aryl methyl sites for hydroxylation is 1. The fourth-order valence-electron chi connectivity index (χ4n) is 3.71. The molecule has 1 saturated heterocycles. The number of rotatable bonds is 5. The average Bonchev–Trinajstić information content (AvgIpc) is 3.25. The largest absolute Gasteiger partial charge is 0.369 e. The second-order valence-corrected chi connectivity index (χ2v) is 7.32. The number of likely N-dealkylation sites (N-methyl/N-ethyl adjacent to an activating group) is 1. The number of anilines is 2. The Balaban J connectivity index is 1.43. The number of amides is 1. The summed E-state index contributed by atoms with van der Waals surface area (Å²) in [5.41, 5.74) is 4.69. The van der Waals surface area contributed by atoms with E-state index in [-0.39, 0.29) is 11.7 Å². The maximum Gasteiger partial charge on any atom is 0.294 e. The maximum atomic E-state index is 12.6. The van der Waals surface area contributed by atoms with Crippen molar-refractivity contribution >= 4 is 17.3 Å². The van der Waals surface area contributed by atoms with Crippen LogP contribution in [0.2, 0.25) is 0 Å². The molecule has 1 amide bonds. The third-order valence-electron chi connectivity index (χ3n) is 5.42. The Labute approximate surface area is 171 Å². The van der Waals surface area contributed by atoms with E-state index >= 15 is 0 Å². The van der Waals surface area contributed by atoms with Crippen LogP contribution in [-0.4, -0.2) is 48.7 Å². The normalized spacial score (nSPS) is 14.8. The number of hydrogen-bond donors (Lipinski definition) is 1. The molecule has 1 aliphatic rings. The van der Waals surface area contributed by atoms with E-state index in [2.05, 4.69) is 40.2 Å². The van der Waals surface area contributed by atoms with E-state index in [0.717, 1.165) is 49.5 Å². The summed E-state index contributed by atoms with van der Waals surface area (Å²) in [6, 6.07) is 17.4. The van der Waals surface area contributed by atoms with Crippen LogP contribution in [0.25, 0.3) is 11.3 Å². The summed E-state index contributed by atoms with van der Waals surface area (Å²) >= 11 is 0. The molecule has 0 radical (unpaired) electrons. The van der Waals surface area contributed by atoms with E-state index < -0.39 is 0 Å². The van der Waals surface area contributed by atoms with Gasteiger partial charge in [0.1, 0.15) is 5.69 Å². The highest BCUT2D eigenvalue weighted by atomic mass is 16.5. The van der Waals surface area contributed by atoms with Gasteiger partial charge in [-0.1, -0.05) is 42.4 Å². The number of carbonyl (C=O) groups is 1. The first-order valence-corrected chi connectivity index (χ1v) is 10.1. The average molecular weight is 390 g/mol. The van der Waals surface area contributed by atoms with Crippen molar-refractivity contribution in [3.63, 3.8) is 0 Å². The lowest BCUT2D eigenvalue weighted by Gasteiger charge is -2.36. The highest BCUT2D eigenvalue weighted by molar-refractivity contribution is 6.02. The number of aromatic nitrogens is 1. The van der Waals surface area contributed by atoms with Crippen molar-refractivity contribution in [3.8, 4) is 11.3 Å². The van der Waals surface area contributed by atoms with E-state index in [9.17, 15) is 4.79 Å². The van der Waals surface area contributed by atoms with Crippen molar-refractivity contribution in [2.75, 3.05) is 42.9 Å². The summed E-state index contributed by atoms with van der Waals surface area (Å²) in [4.78, 5) is 17.4. The Morgan fingerprint density at radius 1 is 1.07 bits per heavy atom. The first kappa shape index (κ1) is 19.2. The lowest BCUT2D eigenvalue weighted by atomic mass is 10.1. The SMILES string of the molecule is CCN1CCN(c2ccc(NC(=O)c3cc(-c4ccccc4)no3)cc2C)CC1. The van der Waals surface area contributed by atoms with Crippen molar-refractivity contribution in [1.82, 2.24) is 10.1 Å². The summed E-state index contributed by atoms with van der Waals surface area (Å²) in [6.07, 6.45) is 0. The van der Waals surface area contributed by atoms with Crippen LogP contribution in [0.5, 0.6) is 0 Å². The van der Waals surface area contributed by atoms with Crippen molar-refractivity contribution in [3.05, 3.63) is 65.9 Å². The molecule has 150 valence electrons. The van der Waals surface area contributed by atoms with E-state index in [1.54, 1.807) is 6.07 Å². The zero-order valence-corrected chi connectivity index (χ0v) is 16.9. The predicted molar refractivity (Wildman–Crippen MR) is 115 cm³/mol. The van der Waals surface area contributed by atoms with Gasteiger partial charge in [-0.2, -0.15) is 0 Å². The molecule has 4 rings (SSSR count). The third-order valence-corrected chi connectivity index (χ3v) is 5.42. The van der Waals surface area contributed by atoms with Gasteiger partial charge in [-0.3, -0.25) is 4.79 Å². The Morgan fingerprint density at radius 2 is 1.83 bits per heavy atom. The minimum atomic E-state index is -0.302. The number of nitrogens with one attached hydrogen (secondary N) is 1. The van der Waals surface area contributed by atoms with Crippen LogP contribution in [0, 0.1) is 6.92 Å². The highest BCUT2D eigenvalue weighted by Crippen LogP contribution is 2.25. The molecule has 1 aromatic heterocycles. The number of piperazine rings is 1. The molecule has 1 aliphatic heterocycles. The van der Waals surface area contributed by atoms with E-state index in [1.165, 1.54) is 5.69 Å². The van der Waals surface area contributed by atoms with Gasteiger partial charge >= 0.3 is 0 Å². The van der Waals surface area contributed by atoms with Gasteiger partial charge in [0.15, 0.2) is 0 Å². The standard InChI is InChI=1S/C23H26N4O2/c1-3-26-11-13-27(14-12-26)21-10-9-19(15-17(21)2)24-23(28)22-16-20(25-29-22)18-7-5-4-6-8-18/h4-10,15-16H,3,11-14H2,1-2H3,(H,24,28). The fraction of sp³-hybridized carbons (Fsp3) is 0.304. The summed E-state index contributed by atoms with van der Waals surface area (Å²) in [7, 11) is 0. The van der Waals surface area contributed by atoms with Gasteiger partial charge in [0.2, 0.25) is 5.76 Å². The van der Waals surface area contributed by atoms with Gasteiger partial charge in [0.25, 0.3) is 5.91 Å². The molecule has 2 heterocycles. The maximum absolute atomic E-state index is 12.6. The molecule has 29 heavy (non-hydrogen) atoms. The van der Waals surface area contributed by atoms with Crippen molar-refractivity contribution in [2.24, 2.45) is 0 Å². The van der Waals surface area contributed by atoms with Crippen LogP contribution in [0.15, 0.2) is 59.1 Å². The number of hydrogen-bond acceptors (Lipinski definition) is 5. The number of carbonyl (C=O) groups excluding carboxylic acids is 1. The van der Waals surface area contributed by atoms with Gasteiger partial charge in [0.05, 0.1) is 0 Å². The molecule has 0 unspecified atom stereocenters. The first-order chi connectivity index (χ1) is 14.1. The molecular formula is C23H26N4O2. The Bertz CT molecular complexity index is 976. The molecule has 2 aromatic carbocycles. The van der Waals surface area contributed by atoms with Crippen molar-refractivity contribution < 1.29 is 9.32 Å². The first-order valence-electron chi connectivity index (χ1n) is 10.1. The van der Waals surface area contributed by atoms with Gasteiger partial charge in [-0.15, -0.1) is 0 Å². The van der Waals surface area contributed by atoms with E-state index in [0.29, 0.717) is 5.69 Å². The quantitative estimate of drug-likeness (QED) is 0.712. The van der Waals surface area contributed by atoms with Crippen LogP contribution in [-0.2, 0) is 0 Å². The lowest BCUT2D eigenvalue weighted by molar-refractivity contribution is 0.0988. The van der Waals surface area contributed by atoms with Gasteiger partial charge in [-0.05, 0) is 37.2 Å². The number of benzene rings is 2. The molecule has 0 spiro atoms. The molecule has 6 nitrogen and oxygen atoms in total. The lowest BCUT2D eigenvalue weighted by Crippen LogP contribution is -2.46. The van der Waals surface area contributed by atoms with Crippen molar-refractivity contribution in [1.29, 1.82) is 0 Å². The molecule has 0 bridgehead atoms. The molecule has 0 atom stereocenters. The molecule has 0 saturated carbocycles. The highest BCUT2D eigenvalue weighted by Gasteiger charge is 2.18. The Kier molecular flexibility index (Phi) is 5.62. The van der Waals surface area contributed by atoms with Crippen LogP contribution in [0.3, 0.4) is 0 Å². The van der Waals surface area contributed by atoms with Gasteiger partial charge in [-0.25, -0.2) is 0 Å². The third kappa shape index (κ3) is 4.32. The van der Waals surface area contributed by atoms with Crippen LogP contribution in [0.4, 0.5) is 11.4 Å². The molecule has 1 N–H and O–H groups in total. The molecule has 3 aromatic rings. The molecule has 6 heteroatoms. The van der Waals surface area contributed by atoms with Crippen LogP contribution in [0.1, 0.15) is 23.0 Å². The van der Waals surface area contributed by atoms with E-state index in [4.69, 9.17) is 4.52 Å². The zero-order chi connectivity index (χ0) is 20.2. The second kappa shape index (κ2) is 8.49. The zero-order valence-electron chi connectivity index (χ0n) is 16.9. The molecular weight excluding hydrogens is 364 g/mol. The number of nitrogens with zero attached hydrogens (tertiary/aromatic N) is 3.